The van der Waals surface area contributed by atoms with Crippen molar-refractivity contribution in [2.45, 2.75) is 161 Å². The predicted octanol–water partition coefficient (Wildman–Crippen LogP) is 9.27. The third kappa shape index (κ3) is 22.0. The van der Waals surface area contributed by atoms with Crippen LogP contribution < -0.4 is 0 Å². The van der Waals surface area contributed by atoms with Crippen molar-refractivity contribution in [2.75, 3.05) is 0 Å². The van der Waals surface area contributed by atoms with Crippen LogP contribution in [0.1, 0.15) is 155 Å². The first-order valence-electron chi connectivity index (χ1n) is 12.5. The molecule has 1 unspecified atom stereocenters. The largest absolute Gasteiger partial charge is 0.362 e. The maximum absolute atomic E-state index is 14.1. The molecule has 27 heavy (non-hydrogen) atoms. The second kappa shape index (κ2) is 20.6. The molecule has 0 heterocycles. The molecular formula is C25H51FO. The molecule has 164 valence electrons. The summed E-state index contributed by atoms with van der Waals surface area (Å²) in [4.78, 5) is 0. The van der Waals surface area contributed by atoms with Crippen molar-refractivity contribution in [3.63, 3.8) is 0 Å². The molecule has 0 saturated carbocycles. The van der Waals surface area contributed by atoms with E-state index in [1.807, 2.05) is 0 Å². The van der Waals surface area contributed by atoms with Crippen LogP contribution in [-0.2, 0) is 0 Å². The number of aliphatic hydroxyl groups is 1. The van der Waals surface area contributed by atoms with Crippen molar-refractivity contribution < 1.29 is 9.50 Å². The zero-order valence-electron chi connectivity index (χ0n) is 18.9. The van der Waals surface area contributed by atoms with E-state index in [-0.39, 0.29) is 0 Å². The van der Waals surface area contributed by atoms with Gasteiger partial charge in [0.1, 0.15) is 0 Å². The lowest BCUT2D eigenvalue weighted by Crippen LogP contribution is -2.21. The SMILES string of the molecule is CCCCCCCCCCCCCCCCC(O)(F)CCCCCCCC. The minimum atomic E-state index is -1.91. The van der Waals surface area contributed by atoms with Gasteiger partial charge < -0.3 is 5.11 Å². The Morgan fingerprint density at radius 3 is 0.926 bits per heavy atom. The van der Waals surface area contributed by atoms with Crippen LogP contribution in [0.4, 0.5) is 4.39 Å². The van der Waals surface area contributed by atoms with Crippen molar-refractivity contribution in [2.24, 2.45) is 0 Å². The topological polar surface area (TPSA) is 20.2 Å². The molecule has 2 heteroatoms. The third-order valence-electron chi connectivity index (χ3n) is 5.83. The van der Waals surface area contributed by atoms with E-state index in [1.165, 1.54) is 103 Å². The molecule has 1 N–H and O–H groups in total. The van der Waals surface area contributed by atoms with Crippen molar-refractivity contribution in [1.29, 1.82) is 0 Å². The minimum absolute atomic E-state index is 0.331. The Balaban J connectivity index is 3.26. The molecule has 0 radical (unpaired) electrons. The van der Waals surface area contributed by atoms with Gasteiger partial charge in [0.2, 0.25) is 5.85 Å². The third-order valence-corrected chi connectivity index (χ3v) is 5.83. The van der Waals surface area contributed by atoms with Crippen LogP contribution in [0, 0.1) is 0 Å². The summed E-state index contributed by atoms with van der Waals surface area (Å²) in [6.45, 7) is 4.48. The Kier molecular flexibility index (Phi) is 20.5. The van der Waals surface area contributed by atoms with Gasteiger partial charge in [0, 0.05) is 12.8 Å². The first kappa shape index (κ1) is 26.9. The van der Waals surface area contributed by atoms with Gasteiger partial charge in [-0.1, -0.05) is 129 Å². The van der Waals surface area contributed by atoms with E-state index < -0.39 is 5.85 Å². The fourth-order valence-corrected chi connectivity index (χ4v) is 3.89. The van der Waals surface area contributed by atoms with Crippen molar-refractivity contribution in [3.8, 4) is 0 Å². The maximum Gasteiger partial charge on any atom is 0.206 e. The van der Waals surface area contributed by atoms with Gasteiger partial charge in [-0.2, -0.15) is 0 Å². The highest BCUT2D eigenvalue weighted by Crippen LogP contribution is 2.24. The molecule has 0 aromatic carbocycles. The van der Waals surface area contributed by atoms with Gasteiger partial charge in [-0.05, 0) is 12.8 Å². The first-order chi connectivity index (χ1) is 13.1. The molecular weight excluding hydrogens is 335 g/mol. The van der Waals surface area contributed by atoms with E-state index in [0.29, 0.717) is 12.8 Å². The molecule has 0 aliphatic rings. The van der Waals surface area contributed by atoms with Crippen molar-refractivity contribution in [3.05, 3.63) is 0 Å². The summed E-state index contributed by atoms with van der Waals surface area (Å²) in [6.07, 6.45) is 25.8. The van der Waals surface area contributed by atoms with Gasteiger partial charge in [0.15, 0.2) is 0 Å². The molecule has 0 fully saturated rings. The zero-order chi connectivity index (χ0) is 20.1. The molecule has 0 aliphatic carbocycles. The Morgan fingerprint density at radius 1 is 0.444 bits per heavy atom. The Labute approximate surface area is 170 Å². The molecule has 0 spiro atoms. The molecule has 0 rings (SSSR count). The van der Waals surface area contributed by atoms with Crippen LogP contribution in [0.2, 0.25) is 0 Å². The standard InChI is InChI=1S/C25H51FO/c1-3-5-7-9-11-12-13-14-15-16-17-18-20-22-24-25(26,27)23-21-19-10-8-6-4-2/h27H,3-24H2,1-2H3. The van der Waals surface area contributed by atoms with Gasteiger partial charge in [-0.15, -0.1) is 0 Å². The Hall–Kier alpha value is -0.110. The lowest BCUT2D eigenvalue weighted by Gasteiger charge is -2.18. The summed E-state index contributed by atoms with van der Waals surface area (Å²) in [7, 11) is 0. The monoisotopic (exact) mass is 386 g/mol. The molecule has 0 amide bonds. The summed E-state index contributed by atoms with van der Waals surface area (Å²) < 4.78 is 14.1. The number of halogens is 1. The number of alkyl halides is 1. The summed E-state index contributed by atoms with van der Waals surface area (Å²) in [5, 5.41) is 9.84. The van der Waals surface area contributed by atoms with E-state index in [4.69, 9.17) is 0 Å². The number of hydrogen-bond donors (Lipinski definition) is 1. The highest BCUT2D eigenvalue weighted by atomic mass is 19.2. The molecule has 1 nitrogen and oxygen atoms in total. The van der Waals surface area contributed by atoms with Crippen LogP contribution in [0.3, 0.4) is 0 Å². The Bertz CT molecular complexity index is 277. The fraction of sp³-hybridized carbons (Fsp3) is 1.00. The van der Waals surface area contributed by atoms with Crippen molar-refractivity contribution in [1.82, 2.24) is 0 Å². The van der Waals surface area contributed by atoms with E-state index in [9.17, 15) is 9.50 Å². The highest BCUT2D eigenvalue weighted by molar-refractivity contribution is 4.66. The van der Waals surface area contributed by atoms with Gasteiger partial charge in [0.25, 0.3) is 0 Å². The summed E-state index contributed by atoms with van der Waals surface area (Å²) >= 11 is 0. The number of rotatable bonds is 22. The molecule has 0 aromatic rings. The molecule has 0 saturated heterocycles. The normalized spacial score (nSPS) is 13.8. The maximum atomic E-state index is 14.1. The van der Waals surface area contributed by atoms with E-state index in [1.54, 1.807) is 0 Å². The van der Waals surface area contributed by atoms with Crippen LogP contribution in [0.5, 0.6) is 0 Å². The van der Waals surface area contributed by atoms with Gasteiger partial charge in [0.05, 0.1) is 0 Å². The van der Waals surface area contributed by atoms with Crippen molar-refractivity contribution >= 4 is 0 Å². The second-order valence-corrected chi connectivity index (χ2v) is 8.78. The predicted molar refractivity (Wildman–Crippen MR) is 119 cm³/mol. The number of unbranched alkanes of at least 4 members (excludes halogenated alkanes) is 18. The zero-order valence-corrected chi connectivity index (χ0v) is 18.9. The average molecular weight is 387 g/mol. The van der Waals surface area contributed by atoms with Gasteiger partial charge >= 0.3 is 0 Å². The summed E-state index contributed by atoms with van der Waals surface area (Å²) in [5.41, 5.74) is 0. The lowest BCUT2D eigenvalue weighted by molar-refractivity contribution is -0.103. The second-order valence-electron chi connectivity index (χ2n) is 8.78. The smallest absolute Gasteiger partial charge is 0.206 e. The van der Waals surface area contributed by atoms with Gasteiger partial charge in [-0.3, -0.25) is 0 Å². The van der Waals surface area contributed by atoms with Crippen LogP contribution in [0.25, 0.3) is 0 Å². The van der Waals surface area contributed by atoms with E-state index in [2.05, 4.69) is 13.8 Å². The lowest BCUT2D eigenvalue weighted by atomic mass is 10.00. The summed E-state index contributed by atoms with van der Waals surface area (Å²) in [6, 6.07) is 0. The molecule has 1 atom stereocenters. The first-order valence-corrected chi connectivity index (χ1v) is 12.5. The van der Waals surface area contributed by atoms with Crippen LogP contribution in [-0.4, -0.2) is 11.0 Å². The Morgan fingerprint density at radius 2 is 0.667 bits per heavy atom. The summed E-state index contributed by atoms with van der Waals surface area (Å²) in [5.74, 6) is -1.91. The quantitative estimate of drug-likeness (QED) is 0.184. The van der Waals surface area contributed by atoms with E-state index >= 15 is 0 Å². The van der Waals surface area contributed by atoms with Crippen LogP contribution in [0.15, 0.2) is 0 Å². The van der Waals surface area contributed by atoms with E-state index in [0.717, 1.165) is 25.7 Å². The molecule has 0 aliphatic heterocycles. The van der Waals surface area contributed by atoms with Crippen LogP contribution >= 0.6 is 0 Å². The fourth-order valence-electron chi connectivity index (χ4n) is 3.89. The molecule has 0 bridgehead atoms. The minimum Gasteiger partial charge on any atom is -0.362 e. The average Bonchev–Trinajstić information content (AvgIpc) is 2.65. The highest BCUT2D eigenvalue weighted by Gasteiger charge is 2.24. The molecule has 0 aromatic heterocycles. The number of hydrogen-bond acceptors (Lipinski definition) is 1. The van der Waals surface area contributed by atoms with Gasteiger partial charge in [-0.25, -0.2) is 4.39 Å².